The van der Waals surface area contributed by atoms with Gasteiger partial charge < -0.3 is 24.9 Å². The molecule has 3 aromatic rings. The number of alkyl halides is 3. The third-order valence-corrected chi connectivity index (χ3v) is 5.45. The van der Waals surface area contributed by atoms with Crippen LogP contribution in [-0.2, 0) is 11.0 Å². The van der Waals surface area contributed by atoms with Crippen molar-refractivity contribution in [1.82, 2.24) is 15.2 Å². The van der Waals surface area contributed by atoms with Crippen molar-refractivity contribution >= 4 is 29.3 Å². The number of nitrogens with zero attached hydrogens (tertiary/aromatic N) is 3. The van der Waals surface area contributed by atoms with E-state index in [0.29, 0.717) is 43.7 Å². The molecule has 3 N–H and O–H groups in total. The van der Waals surface area contributed by atoms with Gasteiger partial charge in [-0.2, -0.15) is 13.2 Å². The molecule has 0 spiro atoms. The smallest absolute Gasteiger partial charge is 0.419 e. The van der Waals surface area contributed by atoms with Crippen LogP contribution in [0.15, 0.2) is 40.9 Å². The molecule has 1 amide bonds. The third-order valence-electron chi connectivity index (χ3n) is 5.45. The normalized spacial score (nSPS) is 17.9. The lowest BCUT2D eigenvalue weighted by Crippen LogP contribution is -2.28. The number of carboxylic acid groups (broad SMARTS) is 1. The minimum absolute atomic E-state index is 0.147. The molecule has 2 heterocycles. The Balaban J connectivity index is 1.32. The van der Waals surface area contributed by atoms with E-state index in [-0.39, 0.29) is 29.4 Å². The Morgan fingerprint density at radius 2 is 1.78 bits per heavy atom. The first kappa shape index (κ1) is 24.9. The number of ether oxygens (including phenoxy) is 1. The van der Waals surface area contributed by atoms with Gasteiger partial charge in [-0.15, -0.1) is 5.10 Å². The molecule has 1 aliphatic carbocycles. The molecule has 2 aromatic heterocycles. The first-order chi connectivity index (χ1) is 17.1. The predicted octanol–water partition coefficient (Wildman–Crippen LogP) is 4.64. The lowest BCUT2D eigenvalue weighted by molar-refractivity contribution is -0.143. The molecule has 0 saturated heterocycles. The molecular weight excluding hydrogens is 490 g/mol. The number of halogens is 4. The molecule has 0 bridgehead atoms. The molecule has 190 valence electrons. The van der Waals surface area contributed by atoms with Crippen molar-refractivity contribution in [3.63, 3.8) is 0 Å². The van der Waals surface area contributed by atoms with Gasteiger partial charge in [-0.25, -0.2) is 9.37 Å². The van der Waals surface area contributed by atoms with Crippen molar-refractivity contribution in [3.8, 4) is 5.88 Å². The Morgan fingerprint density at radius 1 is 1.06 bits per heavy atom. The molecule has 0 radical (unpaired) electrons. The van der Waals surface area contributed by atoms with Crippen molar-refractivity contribution < 1.29 is 41.4 Å². The highest BCUT2D eigenvalue weighted by Gasteiger charge is 2.34. The second-order valence-electron chi connectivity index (χ2n) is 8.00. The molecule has 0 aliphatic heterocycles. The van der Waals surface area contributed by atoms with Crippen molar-refractivity contribution in [2.75, 3.05) is 10.6 Å². The van der Waals surface area contributed by atoms with Gasteiger partial charge in [0.1, 0.15) is 11.9 Å². The maximum atomic E-state index is 13.4. The molecule has 1 aromatic carbocycles. The highest BCUT2D eigenvalue weighted by Crippen LogP contribution is 2.33. The van der Waals surface area contributed by atoms with E-state index in [1.54, 1.807) is 0 Å². The van der Waals surface area contributed by atoms with Gasteiger partial charge in [-0.1, -0.05) is 5.10 Å². The second kappa shape index (κ2) is 10.2. The monoisotopic (exact) mass is 509 g/mol. The molecule has 14 heteroatoms. The number of carbonyl (C=O) groups is 2. The SMILES string of the molecule is O=C(Nc1ccc(OC2CCC(C(=O)O)CC2)nc1)c1nnc(Nc2ccc(F)c(C(F)(F)F)c2)o1. The number of hydrogen-bond donors (Lipinski definition) is 3. The average molecular weight is 509 g/mol. The molecule has 0 atom stereocenters. The van der Waals surface area contributed by atoms with Crippen molar-refractivity contribution in [2.45, 2.75) is 38.0 Å². The summed E-state index contributed by atoms with van der Waals surface area (Å²) in [7, 11) is 0. The van der Waals surface area contributed by atoms with E-state index in [0.717, 1.165) is 6.07 Å². The Labute approximate surface area is 200 Å². The van der Waals surface area contributed by atoms with Crippen LogP contribution in [0.2, 0.25) is 0 Å². The summed E-state index contributed by atoms with van der Waals surface area (Å²) >= 11 is 0. The summed E-state index contributed by atoms with van der Waals surface area (Å²) in [5, 5.41) is 21.0. The number of rotatable bonds is 7. The fraction of sp³-hybridized carbons (Fsp3) is 0.318. The maximum Gasteiger partial charge on any atom is 0.419 e. The van der Waals surface area contributed by atoms with Gasteiger partial charge in [0.15, 0.2) is 0 Å². The molecule has 4 rings (SSSR count). The van der Waals surface area contributed by atoms with Crippen LogP contribution in [0.1, 0.15) is 41.9 Å². The molecule has 1 fully saturated rings. The lowest BCUT2D eigenvalue weighted by Gasteiger charge is -2.26. The molecule has 36 heavy (non-hydrogen) atoms. The molecule has 1 aliphatic rings. The second-order valence-corrected chi connectivity index (χ2v) is 8.00. The van der Waals surface area contributed by atoms with Gasteiger partial charge >= 0.3 is 30.0 Å². The number of carboxylic acids is 1. The Hall–Kier alpha value is -4.23. The number of benzene rings is 1. The van der Waals surface area contributed by atoms with E-state index < -0.39 is 35.3 Å². The van der Waals surface area contributed by atoms with Gasteiger partial charge in [-0.05, 0) is 49.9 Å². The highest BCUT2D eigenvalue weighted by molar-refractivity contribution is 6.00. The number of aromatic nitrogens is 3. The van der Waals surface area contributed by atoms with E-state index in [2.05, 4.69) is 25.8 Å². The van der Waals surface area contributed by atoms with Gasteiger partial charge in [0.25, 0.3) is 0 Å². The summed E-state index contributed by atoms with van der Waals surface area (Å²) in [5.74, 6) is -3.56. The highest BCUT2D eigenvalue weighted by atomic mass is 19.4. The number of amides is 1. The first-order valence-electron chi connectivity index (χ1n) is 10.7. The lowest BCUT2D eigenvalue weighted by atomic mass is 9.87. The van der Waals surface area contributed by atoms with Crippen LogP contribution in [0.25, 0.3) is 0 Å². The minimum Gasteiger partial charge on any atom is -0.481 e. The third kappa shape index (κ3) is 6.06. The number of carbonyl (C=O) groups excluding carboxylic acids is 1. The summed E-state index contributed by atoms with van der Waals surface area (Å²) in [6, 6.07) is 4.90. The van der Waals surface area contributed by atoms with Crippen molar-refractivity contribution in [3.05, 3.63) is 53.8 Å². The van der Waals surface area contributed by atoms with Crippen molar-refractivity contribution in [1.29, 1.82) is 0 Å². The van der Waals surface area contributed by atoms with E-state index >= 15 is 0 Å². The zero-order valence-electron chi connectivity index (χ0n) is 18.4. The van der Waals surface area contributed by atoms with Gasteiger partial charge in [0, 0.05) is 11.8 Å². The summed E-state index contributed by atoms with van der Waals surface area (Å²) in [5.41, 5.74) is -1.36. The Morgan fingerprint density at radius 3 is 2.42 bits per heavy atom. The van der Waals surface area contributed by atoms with Crippen LogP contribution in [0, 0.1) is 11.7 Å². The number of hydrogen-bond acceptors (Lipinski definition) is 8. The number of anilines is 3. The number of pyridine rings is 1. The van der Waals surface area contributed by atoms with E-state index in [1.807, 2.05) is 0 Å². The summed E-state index contributed by atoms with van der Waals surface area (Å²) in [4.78, 5) is 27.5. The fourth-order valence-electron chi connectivity index (χ4n) is 3.62. The first-order valence-corrected chi connectivity index (χ1v) is 10.7. The quantitative estimate of drug-likeness (QED) is 0.389. The zero-order valence-corrected chi connectivity index (χ0v) is 18.4. The topological polar surface area (TPSA) is 139 Å². The van der Waals surface area contributed by atoms with E-state index in [4.69, 9.17) is 14.3 Å². The average Bonchev–Trinajstić information content (AvgIpc) is 3.30. The summed E-state index contributed by atoms with van der Waals surface area (Å²) in [6.07, 6.45) is -1.45. The molecule has 0 unspecified atom stereocenters. The molecule has 10 nitrogen and oxygen atoms in total. The summed E-state index contributed by atoms with van der Waals surface area (Å²) < 4.78 is 62.9. The summed E-state index contributed by atoms with van der Waals surface area (Å²) in [6.45, 7) is 0. The zero-order chi connectivity index (χ0) is 25.9. The number of aliphatic carboxylic acids is 1. The van der Waals surface area contributed by atoms with Gasteiger partial charge in [-0.3, -0.25) is 9.59 Å². The fourth-order valence-corrected chi connectivity index (χ4v) is 3.62. The van der Waals surface area contributed by atoms with Crippen LogP contribution in [0.5, 0.6) is 5.88 Å². The number of nitrogens with one attached hydrogen (secondary N) is 2. The Bertz CT molecular complexity index is 1240. The minimum atomic E-state index is -4.89. The standard InChI is InChI=1S/C22H19F4N5O5/c23-16-7-3-12(9-15(16)22(24,25)26)29-21-31-30-19(36-21)18(32)28-13-4-8-17(27-10-13)35-14-5-1-11(2-6-14)20(33)34/h3-4,7-11,14H,1-2,5-6H2,(H,28,32)(H,29,31)(H,33,34). The van der Waals surface area contributed by atoms with Crippen LogP contribution < -0.4 is 15.4 Å². The van der Waals surface area contributed by atoms with E-state index in [1.165, 1.54) is 18.3 Å². The van der Waals surface area contributed by atoms with Gasteiger partial charge in [0.2, 0.25) is 5.88 Å². The van der Waals surface area contributed by atoms with Crippen LogP contribution >= 0.6 is 0 Å². The van der Waals surface area contributed by atoms with Crippen LogP contribution in [0.4, 0.5) is 35.0 Å². The molecular formula is C22H19F4N5O5. The van der Waals surface area contributed by atoms with Crippen LogP contribution in [-0.4, -0.2) is 38.3 Å². The van der Waals surface area contributed by atoms with Crippen molar-refractivity contribution in [2.24, 2.45) is 5.92 Å². The van der Waals surface area contributed by atoms with Crippen LogP contribution in [0.3, 0.4) is 0 Å². The largest absolute Gasteiger partial charge is 0.481 e. The van der Waals surface area contributed by atoms with Gasteiger partial charge in [0.05, 0.1) is 23.4 Å². The Kier molecular flexibility index (Phi) is 7.03. The molecule has 1 saturated carbocycles. The predicted molar refractivity (Wildman–Crippen MR) is 115 cm³/mol. The maximum absolute atomic E-state index is 13.4. The van der Waals surface area contributed by atoms with E-state index in [9.17, 15) is 27.2 Å².